The van der Waals surface area contributed by atoms with Crippen LogP contribution in [-0.2, 0) is 14.3 Å². The van der Waals surface area contributed by atoms with Crippen molar-refractivity contribution in [2.45, 2.75) is 33.2 Å². The number of carbonyl (C=O) groups is 2. The molecule has 1 atom stereocenters. The molecular weight excluding hydrogens is 236 g/mol. The Morgan fingerprint density at radius 1 is 1.28 bits per heavy atom. The molecule has 0 aromatic rings. The van der Waals surface area contributed by atoms with E-state index in [4.69, 9.17) is 9.47 Å². The first-order chi connectivity index (χ1) is 8.49. The predicted molar refractivity (Wildman–Crippen MR) is 68.3 cm³/mol. The predicted octanol–water partition coefficient (Wildman–Crippen LogP) is 0.910. The second-order valence-corrected chi connectivity index (χ2v) is 4.43. The maximum absolute atomic E-state index is 11.3. The van der Waals surface area contributed by atoms with Crippen molar-refractivity contribution >= 4 is 12.0 Å². The molecule has 106 valence electrons. The summed E-state index contributed by atoms with van der Waals surface area (Å²) in [6.07, 6.45) is 0.315. The van der Waals surface area contributed by atoms with Crippen LogP contribution < -0.4 is 10.6 Å². The first-order valence-corrected chi connectivity index (χ1v) is 6.18. The highest BCUT2D eigenvalue weighted by Crippen LogP contribution is 2.04. The highest BCUT2D eigenvalue weighted by Gasteiger charge is 2.15. The van der Waals surface area contributed by atoms with E-state index in [9.17, 15) is 9.59 Å². The monoisotopic (exact) mass is 260 g/mol. The molecule has 0 heterocycles. The molecule has 6 nitrogen and oxygen atoms in total. The SMILES string of the molecule is CCOC(=O)N[C@H](CNC(=O)COC)CC(C)C. The number of alkyl carbamates (subject to hydrolysis) is 1. The fraction of sp³-hybridized carbons (Fsp3) is 0.833. The van der Waals surface area contributed by atoms with Gasteiger partial charge in [-0.05, 0) is 19.3 Å². The third kappa shape index (κ3) is 8.81. The lowest BCUT2D eigenvalue weighted by molar-refractivity contribution is -0.124. The zero-order valence-corrected chi connectivity index (χ0v) is 11.6. The molecule has 0 aliphatic heterocycles. The van der Waals surface area contributed by atoms with Crippen molar-refractivity contribution in [3.8, 4) is 0 Å². The van der Waals surface area contributed by atoms with Crippen LogP contribution in [0.4, 0.5) is 4.79 Å². The Morgan fingerprint density at radius 2 is 1.94 bits per heavy atom. The zero-order chi connectivity index (χ0) is 14.0. The molecule has 0 saturated carbocycles. The minimum atomic E-state index is -0.454. The maximum Gasteiger partial charge on any atom is 0.407 e. The van der Waals surface area contributed by atoms with Gasteiger partial charge >= 0.3 is 6.09 Å². The van der Waals surface area contributed by atoms with E-state index in [-0.39, 0.29) is 18.6 Å². The highest BCUT2D eigenvalue weighted by atomic mass is 16.5. The summed E-state index contributed by atoms with van der Waals surface area (Å²) in [5.74, 6) is 0.216. The summed E-state index contributed by atoms with van der Waals surface area (Å²) < 4.78 is 9.53. The van der Waals surface area contributed by atoms with Crippen LogP contribution in [0.2, 0.25) is 0 Å². The van der Waals surface area contributed by atoms with Crippen molar-refractivity contribution in [3.05, 3.63) is 0 Å². The Kier molecular flexibility index (Phi) is 9.00. The van der Waals surface area contributed by atoms with Crippen LogP contribution in [0.1, 0.15) is 27.2 Å². The summed E-state index contributed by atoms with van der Waals surface area (Å²) in [7, 11) is 1.46. The molecule has 0 saturated heterocycles. The molecule has 0 bridgehead atoms. The van der Waals surface area contributed by atoms with E-state index in [2.05, 4.69) is 24.5 Å². The molecular formula is C12H24N2O4. The molecule has 0 aromatic heterocycles. The van der Waals surface area contributed by atoms with Gasteiger partial charge in [-0.3, -0.25) is 4.79 Å². The Balaban J connectivity index is 4.13. The second kappa shape index (κ2) is 9.70. The van der Waals surface area contributed by atoms with E-state index in [1.54, 1.807) is 6.92 Å². The average Bonchev–Trinajstić information content (AvgIpc) is 2.26. The van der Waals surface area contributed by atoms with Crippen LogP contribution in [0.15, 0.2) is 0 Å². The van der Waals surface area contributed by atoms with Crippen LogP contribution in [0.5, 0.6) is 0 Å². The van der Waals surface area contributed by atoms with Crippen LogP contribution in [-0.4, -0.2) is 44.9 Å². The topological polar surface area (TPSA) is 76.7 Å². The van der Waals surface area contributed by atoms with Crippen molar-refractivity contribution in [3.63, 3.8) is 0 Å². The van der Waals surface area contributed by atoms with Crippen molar-refractivity contribution in [2.24, 2.45) is 5.92 Å². The van der Waals surface area contributed by atoms with Crippen molar-refractivity contribution in [2.75, 3.05) is 26.9 Å². The summed E-state index contributed by atoms with van der Waals surface area (Å²) in [5.41, 5.74) is 0. The Bertz CT molecular complexity index is 256. The molecule has 0 aliphatic rings. The molecule has 2 N–H and O–H groups in total. The average molecular weight is 260 g/mol. The largest absolute Gasteiger partial charge is 0.450 e. The Hall–Kier alpha value is -1.30. The molecule has 0 fully saturated rings. The molecule has 0 aliphatic carbocycles. The van der Waals surface area contributed by atoms with Gasteiger partial charge < -0.3 is 20.1 Å². The van der Waals surface area contributed by atoms with Crippen molar-refractivity contribution in [1.82, 2.24) is 10.6 Å². The highest BCUT2D eigenvalue weighted by molar-refractivity contribution is 5.77. The van der Waals surface area contributed by atoms with Gasteiger partial charge in [-0.1, -0.05) is 13.8 Å². The number of hydrogen-bond donors (Lipinski definition) is 2. The van der Waals surface area contributed by atoms with Gasteiger partial charge in [0.25, 0.3) is 0 Å². The third-order valence-electron chi connectivity index (χ3n) is 2.17. The van der Waals surface area contributed by atoms with Gasteiger partial charge in [0.1, 0.15) is 6.61 Å². The van der Waals surface area contributed by atoms with Crippen molar-refractivity contribution < 1.29 is 19.1 Å². The van der Waals surface area contributed by atoms with Gasteiger partial charge in [0.15, 0.2) is 0 Å². The van der Waals surface area contributed by atoms with E-state index in [0.717, 1.165) is 6.42 Å². The molecule has 0 rings (SSSR count). The van der Waals surface area contributed by atoms with E-state index >= 15 is 0 Å². The minimum absolute atomic E-state index is 0.0216. The normalized spacial score (nSPS) is 12.1. The Labute approximate surface area is 108 Å². The summed E-state index contributed by atoms with van der Waals surface area (Å²) in [6.45, 7) is 6.58. The smallest absolute Gasteiger partial charge is 0.407 e. The molecule has 0 spiro atoms. The molecule has 18 heavy (non-hydrogen) atoms. The number of hydrogen-bond acceptors (Lipinski definition) is 4. The third-order valence-corrected chi connectivity index (χ3v) is 2.17. The quantitative estimate of drug-likeness (QED) is 0.680. The molecule has 0 radical (unpaired) electrons. The molecule has 0 unspecified atom stereocenters. The van der Waals surface area contributed by atoms with Crippen LogP contribution in [0.25, 0.3) is 0 Å². The minimum Gasteiger partial charge on any atom is -0.450 e. The molecule has 0 aromatic carbocycles. The summed E-state index contributed by atoms with van der Waals surface area (Å²) in [5, 5.41) is 5.43. The van der Waals surface area contributed by atoms with Gasteiger partial charge in [0.05, 0.1) is 6.61 Å². The van der Waals surface area contributed by atoms with E-state index in [1.807, 2.05) is 0 Å². The number of methoxy groups -OCH3 is 1. The van der Waals surface area contributed by atoms with Gasteiger partial charge in [-0.25, -0.2) is 4.79 Å². The second-order valence-electron chi connectivity index (χ2n) is 4.43. The Morgan fingerprint density at radius 3 is 2.44 bits per heavy atom. The van der Waals surface area contributed by atoms with Crippen LogP contribution >= 0.6 is 0 Å². The van der Waals surface area contributed by atoms with E-state index in [1.165, 1.54) is 7.11 Å². The van der Waals surface area contributed by atoms with Gasteiger partial charge in [0.2, 0.25) is 5.91 Å². The standard InChI is InChI=1S/C12H24N2O4/c1-5-18-12(16)14-10(6-9(2)3)7-13-11(15)8-17-4/h9-10H,5-8H2,1-4H3,(H,13,15)(H,14,16)/t10-/m0/s1. The van der Waals surface area contributed by atoms with Crippen molar-refractivity contribution in [1.29, 1.82) is 0 Å². The van der Waals surface area contributed by atoms with Gasteiger partial charge in [0, 0.05) is 19.7 Å². The first kappa shape index (κ1) is 16.7. The zero-order valence-electron chi connectivity index (χ0n) is 11.6. The van der Waals surface area contributed by atoms with Gasteiger partial charge in [-0.15, -0.1) is 0 Å². The summed E-state index contributed by atoms with van der Waals surface area (Å²) in [6, 6.07) is -0.134. The fourth-order valence-electron chi connectivity index (χ4n) is 1.52. The van der Waals surface area contributed by atoms with Crippen LogP contribution in [0, 0.1) is 5.92 Å². The number of rotatable bonds is 8. The van der Waals surface area contributed by atoms with Gasteiger partial charge in [-0.2, -0.15) is 0 Å². The maximum atomic E-state index is 11.3. The van der Waals surface area contributed by atoms with Crippen LogP contribution in [0.3, 0.4) is 0 Å². The first-order valence-electron chi connectivity index (χ1n) is 6.18. The summed E-state index contributed by atoms with van der Waals surface area (Å²) in [4.78, 5) is 22.6. The fourth-order valence-corrected chi connectivity index (χ4v) is 1.52. The lowest BCUT2D eigenvalue weighted by atomic mass is 10.0. The van der Waals surface area contributed by atoms with E-state index < -0.39 is 6.09 Å². The lowest BCUT2D eigenvalue weighted by Gasteiger charge is -2.20. The lowest BCUT2D eigenvalue weighted by Crippen LogP contribution is -2.45. The van der Waals surface area contributed by atoms with E-state index in [0.29, 0.717) is 19.1 Å². The summed E-state index contributed by atoms with van der Waals surface area (Å²) >= 11 is 0. The number of carbonyl (C=O) groups excluding carboxylic acids is 2. The number of ether oxygens (including phenoxy) is 2. The molecule has 6 heteroatoms. The number of nitrogens with one attached hydrogen (secondary N) is 2. The molecule has 2 amide bonds. The number of amides is 2.